The van der Waals surface area contributed by atoms with E-state index in [2.05, 4.69) is 21.2 Å². The molecule has 1 atom stereocenters. The van der Waals surface area contributed by atoms with E-state index in [1.54, 1.807) is 18.2 Å². The Bertz CT molecular complexity index is 955. The summed E-state index contributed by atoms with van der Waals surface area (Å²) in [7, 11) is 1.34. The number of esters is 1. The lowest BCUT2D eigenvalue weighted by molar-refractivity contribution is -0.141. The van der Waals surface area contributed by atoms with Crippen LogP contribution in [0.15, 0.2) is 83.3 Å². The number of hydrogen-bond acceptors (Lipinski definition) is 3. The Morgan fingerprint density at radius 3 is 2.25 bits per heavy atom. The van der Waals surface area contributed by atoms with E-state index < -0.39 is 6.04 Å². The number of halogens is 1. The molecular weight excluding hydrogens is 418 g/mol. The van der Waals surface area contributed by atoms with Gasteiger partial charge in [0.05, 0.1) is 19.6 Å². The highest BCUT2D eigenvalue weighted by molar-refractivity contribution is 9.10. The second kappa shape index (κ2) is 9.33. The Kier molecular flexibility index (Phi) is 6.61. The average molecular weight is 438 g/mol. The van der Waals surface area contributed by atoms with Crippen molar-refractivity contribution in [2.45, 2.75) is 12.5 Å². The molecule has 1 unspecified atom stereocenters. The van der Waals surface area contributed by atoms with Crippen molar-refractivity contribution in [1.82, 2.24) is 5.32 Å². The minimum Gasteiger partial charge on any atom is -0.469 e. The first-order valence-electron chi connectivity index (χ1n) is 8.85. The van der Waals surface area contributed by atoms with Crippen LogP contribution in [0.5, 0.6) is 0 Å². The topological polar surface area (TPSA) is 55.4 Å². The molecule has 4 nitrogen and oxygen atoms in total. The van der Waals surface area contributed by atoms with Gasteiger partial charge in [-0.3, -0.25) is 9.59 Å². The molecular formula is C23H20BrNO3. The monoisotopic (exact) mass is 437 g/mol. The van der Waals surface area contributed by atoms with Crippen molar-refractivity contribution < 1.29 is 14.3 Å². The number of carbonyl (C=O) groups excluding carboxylic acids is 2. The molecule has 1 amide bonds. The number of ether oxygens (including phenoxy) is 1. The highest BCUT2D eigenvalue weighted by atomic mass is 79.9. The number of amides is 1. The van der Waals surface area contributed by atoms with Gasteiger partial charge >= 0.3 is 5.97 Å². The summed E-state index contributed by atoms with van der Waals surface area (Å²) in [6.07, 6.45) is 0.0565. The number of carbonyl (C=O) groups is 2. The molecule has 5 heteroatoms. The van der Waals surface area contributed by atoms with Crippen LogP contribution in [0.1, 0.15) is 28.4 Å². The highest BCUT2D eigenvalue weighted by Crippen LogP contribution is 2.24. The van der Waals surface area contributed by atoms with Gasteiger partial charge in [0, 0.05) is 10.0 Å². The molecule has 0 aliphatic carbocycles. The minimum atomic E-state index is -0.483. The summed E-state index contributed by atoms with van der Waals surface area (Å²) in [5, 5.41) is 2.94. The van der Waals surface area contributed by atoms with E-state index in [0.29, 0.717) is 5.56 Å². The fraction of sp³-hybridized carbons (Fsp3) is 0.130. The van der Waals surface area contributed by atoms with Crippen LogP contribution < -0.4 is 5.32 Å². The predicted octanol–water partition coefficient (Wildman–Crippen LogP) is 5.15. The molecule has 3 aromatic carbocycles. The van der Waals surface area contributed by atoms with Gasteiger partial charge in [0.2, 0.25) is 0 Å². The molecule has 0 spiro atoms. The van der Waals surface area contributed by atoms with Crippen LogP contribution in [0.4, 0.5) is 0 Å². The van der Waals surface area contributed by atoms with E-state index in [1.807, 2.05) is 60.7 Å². The van der Waals surface area contributed by atoms with E-state index in [1.165, 1.54) is 7.11 Å². The first-order chi connectivity index (χ1) is 13.6. The van der Waals surface area contributed by atoms with Crippen LogP contribution in [-0.2, 0) is 9.53 Å². The molecule has 0 saturated heterocycles. The molecule has 0 fully saturated rings. The van der Waals surface area contributed by atoms with Crippen LogP contribution in [0.3, 0.4) is 0 Å². The summed E-state index contributed by atoms with van der Waals surface area (Å²) in [5.74, 6) is -0.631. The number of hydrogen-bond donors (Lipinski definition) is 1. The summed E-state index contributed by atoms with van der Waals surface area (Å²) in [4.78, 5) is 24.5. The van der Waals surface area contributed by atoms with Crippen molar-refractivity contribution in [3.05, 3.63) is 94.5 Å². The summed E-state index contributed by atoms with van der Waals surface area (Å²) in [6.45, 7) is 0. The second-order valence-corrected chi connectivity index (χ2v) is 7.22. The van der Waals surface area contributed by atoms with Crippen molar-refractivity contribution in [2.75, 3.05) is 7.11 Å². The van der Waals surface area contributed by atoms with Gasteiger partial charge in [-0.25, -0.2) is 0 Å². The van der Waals surface area contributed by atoms with Crippen molar-refractivity contribution in [2.24, 2.45) is 0 Å². The zero-order chi connectivity index (χ0) is 19.9. The fourth-order valence-electron chi connectivity index (χ4n) is 2.91. The van der Waals surface area contributed by atoms with Gasteiger partial charge in [-0.1, -0.05) is 76.6 Å². The second-order valence-electron chi connectivity index (χ2n) is 6.30. The highest BCUT2D eigenvalue weighted by Gasteiger charge is 2.20. The molecule has 0 aromatic heterocycles. The zero-order valence-electron chi connectivity index (χ0n) is 15.4. The van der Waals surface area contributed by atoms with E-state index in [9.17, 15) is 9.59 Å². The van der Waals surface area contributed by atoms with Crippen molar-refractivity contribution in [3.8, 4) is 11.1 Å². The zero-order valence-corrected chi connectivity index (χ0v) is 17.0. The van der Waals surface area contributed by atoms with Gasteiger partial charge in [-0.15, -0.1) is 0 Å². The minimum absolute atomic E-state index is 0.0565. The summed E-state index contributed by atoms with van der Waals surface area (Å²) in [5.41, 5.74) is 3.54. The van der Waals surface area contributed by atoms with Gasteiger partial charge < -0.3 is 10.1 Å². The number of methoxy groups -OCH3 is 1. The lowest BCUT2D eigenvalue weighted by Gasteiger charge is -2.19. The van der Waals surface area contributed by atoms with E-state index >= 15 is 0 Å². The molecule has 0 heterocycles. The van der Waals surface area contributed by atoms with Gasteiger partial charge in [-0.05, 0) is 34.9 Å². The third kappa shape index (κ3) is 5.08. The van der Waals surface area contributed by atoms with Crippen LogP contribution in [0.2, 0.25) is 0 Å². The Labute approximate surface area is 172 Å². The van der Waals surface area contributed by atoms with Gasteiger partial charge in [0.25, 0.3) is 5.91 Å². The first-order valence-corrected chi connectivity index (χ1v) is 9.65. The van der Waals surface area contributed by atoms with E-state index in [-0.39, 0.29) is 18.3 Å². The summed E-state index contributed by atoms with van der Waals surface area (Å²) >= 11 is 3.37. The standard InChI is InChI=1S/C23H20BrNO3/c1-28-22(26)15-21(25-23(27)19-8-5-9-20(24)14-19)18-12-10-17(11-13-18)16-6-3-2-4-7-16/h2-14,21H,15H2,1H3,(H,25,27). The third-order valence-electron chi connectivity index (χ3n) is 4.41. The Morgan fingerprint density at radius 2 is 1.61 bits per heavy atom. The maximum absolute atomic E-state index is 12.7. The fourth-order valence-corrected chi connectivity index (χ4v) is 3.31. The van der Waals surface area contributed by atoms with Crippen LogP contribution in [-0.4, -0.2) is 19.0 Å². The Balaban J connectivity index is 1.83. The summed E-state index contributed by atoms with van der Waals surface area (Å²) < 4.78 is 5.62. The predicted molar refractivity (Wildman–Crippen MR) is 113 cm³/mol. The van der Waals surface area contributed by atoms with E-state index in [4.69, 9.17) is 4.74 Å². The molecule has 1 N–H and O–H groups in total. The van der Waals surface area contributed by atoms with Crippen molar-refractivity contribution in [1.29, 1.82) is 0 Å². The smallest absolute Gasteiger partial charge is 0.307 e. The molecule has 28 heavy (non-hydrogen) atoms. The molecule has 3 rings (SSSR count). The molecule has 3 aromatic rings. The lowest BCUT2D eigenvalue weighted by atomic mass is 9.98. The number of nitrogens with one attached hydrogen (secondary N) is 1. The van der Waals surface area contributed by atoms with Crippen LogP contribution in [0, 0.1) is 0 Å². The molecule has 0 bridgehead atoms. The quantitative estimate of drug-likeness (QED) is 0.542. The maximum Gasteiger partial charge on any atom is 0.307 e. The summed E-state index contributed by atoms with van der Waals surface area (Å²) in [6, 6.07) is 24.5. The Morgan fingerprint density at radius 1 is 0.929 bits per heavy atom. The van der Waals surface area contributed by atoms with Crippen molar-refractivity contribution in [3.63, 3.8) is 0 Å². The van der Waals surface area contributed by atoms with Gasteiger partial charge in [0.15, 0.2) is 0 Å². The average Bonchev–Trinajstić information content (AvgIpc) is 2.74. The Hall–Kier alpha value is -2.92. The van der Waals surface area contributed by atoms with Crippen LogP contribution >= 0.6 is 15.9 Å². The lowest BCUT2D eigenvalue weighted by Crippen LogP contribution is -2.30. The SMILES string of the molecule is COC(=O)CC(NC(=O)c1cccc(Br)c1)c1ccc(-c2ccccc2)cc1. The molecule has 0 saturated carbocycles. The first kappa shape index (κ1) is 19.8. The maximum atomic E-state index is 12.7. The molecule has 0 aliphatic rings. The van der Waals surface area contributed by atoms with Crippen LogP contribution in [0.25, 0.3) is 11.1 Å². The third-order valence-corrected chi connectivity index (χ3v) is 4.90. The van der Waals surface area contributed by atoms with Gasteiger partial charge in [0.1, 0.15) is 0 Å². The molecule has 142 valence electrons. The van der Waals surface area contributed by atoms with Gasteiger partial charge in [-0.2, -0.15) is 0 Å². The number of benzene rings is 3. The largest absolute Gasteiger partial charge is 0.469 e. The number of rotatable bonds is 6. The van der Waals surface area contributed by atoms with Crippen molar-refractivity contribution >= 4 is 27.8 Å². The molecule has 0 aliphatic heterocycles. The normalized spacial score (nSPS) is 11.5. The molecule has 0 radical (unpaired) electrons. The van der Waals surface area contributed by atoms with E-state index in [0.717, 1.165) is 21.2 Å².